The van der Waals surface area contributed by atoms with Crippen LogP contribution in [0.25, 0.3) is 16.7 Å². The Hall–Kier alpha value is -3.39. The molecule has 0 spiro atoms. The SMILES string of the molecule is C=CCn1c(=O)c2ccccc2n2c(SCC(=O)NC(C)CCc3ccccc3)nnc12. The second-order valence-electron chi connectivity index (χ2n) is 7.62. The lowest BCUT2D eigenvalue weighted by Gasteiger charge is -2.14. The van der Waals surface area contributed by atoms with Crippen LogP contribution in [0.4, 0.5) is 0 Å². The highest BCUT2D eigenvalue weighted by atomic mass is 32.2. The number of rotatable bonds is 9. The van der Waals surface area contributed by atoms with Gasteiger partial charge in [0.25, 0.3) is 5.56 Å². The van der Waals surface area contributed by atoms with Crippen molar-refractivity contribution in [2.75, 3.05) is 5.75 Å². The number of amides is 1. The second kappa shape index (κ2) is 9.82. The van der Waals surface area contributed by atoms with Crippen molar-refractivity contribution in [1.82, 2.24) is 24.5 Å². The van der Waals surface area contributed by atoms with Crippen molar-refractivity contribution in [1.29, 1.82) is 0 Å². The lowest BCUT2D eigenvalue weighted by atomic mass is 10.1. The molecule has 0 aliphatic rings. The van der Waals surface area contributed by atoms with Gasteiger partial charge in [0, 0.05) is 12.6 Å². The molecule has 1 N–H and O–H groups in total. The maximum absolute atomic E-state index is 12.9. The van der Waals surface area contributed by atoms with Crippen molar-refractivity contribution < 1.29 is 4.79 Å². The van der Waals surface area contributed by atoms with Gasteiger partial charge in [-0.3, -0.25) is 18.6 Å². The molecule has 4 rings (SSSR count). The first-order valence-corrected chi connectivity index (χ1v) is 11.5. The highest BCUT2D eigenvalue weighted by molar-refractivity contribution is 7.99. The molecular weight excluding hydrogens is 422 g/mol. The molecular formula is C24H25N5O2S. The lowest BCUT2D eigenvalue weighted by molar-refractivity contribution is -0.119. The van der Waals surface area contributed by atoms with Crippen LogP contribution >= 0.6 is 11.8 Å². The number of nitrogens with one attached hydrogen (secondary N) is 1. The molecule has 2 heterocycles. The summed E-state index contributed by atoms with van der Waals surface area (Å²) < 4.78 is 3.37. The van der Waals surface area contributed by atoms with E-state index in [2.05, 4.69) is 34.2 Å². The number of carbonyl (C=O) groups excluding carboxylic acids is 1. The maximum Gasteiger partial charge on any atom is 0.263 e. The molecule has 8 heteroatoms. The molecule has 0 fully saturated rings. The van der Waals surface area contributed by atoms with Crippen molar-refractivity contribution in [3.8, 4) is 0 Å². The molecule has 2 aromatic heterocycles. The van der Waals surface area contributed by atoms with E-state index in [4.69, 9.17) is 0 Å². The van der Waals surface area contributed by atoms with Gasteiger partial charge in [0.05, 0.1) is 16.7 Å². The molecule has 1 amide bonds. The molecule has 2 aromatic carbocycles. The van der Waals surface area contributed by atoms with E-state index in [1.54, 1.807) is 12.1 Å². The Balaban J connectivity index is 1.48. The minimum atomic E-state index is -0.137. The van der Waals surface area contributed by atoms with Crippen LogP contribution in [0.15, 0.2) is 77.2 Å². The lowest BCUT2D eigenvalue weighted by Crippen LogP contribution is -2.34. The van der Waals surface area contributed by atoms with Crippen LogP contribution in [0, 0.1) is 0 Å². The average molecular weight is 448 g/mol. The number of para-hydroxylation sites is 1. The van der Waals surface area contributed by atoms with E-state index in [9.17, 15) is 9.59 Å². The molecule has 0 aliphatic carbocycles. The minimum absolute atomic E-state index is 0.0592. The molecule has 7 nitrogen and oxygen atoms in total. The third-order valence-corrected chi connectivity index (χ3v) is 6.17. The zero-order valence-corrected chi connectivity index (χ0v) is 18.7. The largest absolute Gasteiger partial charge is 0.353 e. The number of hydrogen-bond acceptors (Lipinski definition) is 5. The third-order valence-electron chi connectivity index (χ3n) is 5.24. The number of nitrogens with zero attached hydrogens (tertiary/aromatic N) is 4. The van der Waals surface area contributed by atoms with Crippen LogP contribution in [-0.4, -0.2) is 36.9 Å². The van der Waals surface area contributed by atoms with Gasteiger partial charge in [-0.25, -0.2) is 0 Å². The van der Waals surface area contributed by atoms with Crippen molar-refractivity contribution >= 4 is 34.3 Å². The van der Waals surface area contributed by atoms with Crippen LogP contribution < -0.4 is 10.9 Å². The molecule has 32 heavy (non-hydrogen) atoms. The fraction of sp³-hybridized carbons (Fsp3) is 0.250. The highest BCUT2D eigenvalue weighted by Crippen LogP contribution is 2.21. The highest BCUT2D eigenvalue weighted by Gasteiger charge is 2.17. The monoisotopic (exact) mass is 447 g/mol. The van der Waals surface area contributed by atoms with Crippen molar-refractivity contribution in [3.63, 3.8) is 0 Å². The Kier molecular flexibility index (Phi) is 6.70. The van der Waals surface area contributed by atoms with Crippen LogP contribution in [0.1, 0.15) is 18.9 Å². The van der Waals surface area contributed by atoms with Gasteiger partial charge in [-0.2, -0.15) is 0 Å². The van der Waals surface area contributed by atoms with Gasteiger partial charge in [-0.15, -0.1) is 16.8 Å². The van der Waals surface area contributed by atoms with E-state index in [0.717, 1.165) is 18.4 Å². The summed E-state index contributed by atoms with van der Waals surface area (Å²) in [6, 6.07) is 17.6. The van der Waals surface area contributed by atoms with Crippen LogP contribution in [0.5, 0.6) is 0 Å². The third kappa shape index (κ3) is 4.60. The number of carbonyl (C=O) groups is 1. The van der Waals surface area contributed by atoms with Gasteiger partial charge in [0.2, 0.25) is 11.7 Å². The fourth-order valence-corrected chi connectivity index (χ4v) is 4.42. The van der Waals surface area contributed by atoms with E-state index < -0.39 is 0 Å². The number of thioether (sulfide) groups is 1. The number of allylic oxidation sites excluding steroid dienone is 1. The Labute approximate surface area is 190 Å². The van der Waals surface area contributed by atoms with Crippen LogP contribution in [0.2, 0.25) is 0 Å². The number of hydrogen-bond donors (Lipinski definition) is 1. The van der Waals surface area contributed by atoms with Gasteiger partial charge in [-0.1, -0.05) is 60.3 Å². The first kappa shape index (κ1) is 21.8. The summed E-state index contributed by atoms with van der Waals surface area (Å²) in [6.07, 6.45) is 3.44. The minimum Gasteiger partial charge on any atom is -0.353 e. The van der Waals surface area contributed by atoms with Gasteiger partial charge in [0.1, 0.15) is 0 Å². The summed E-state index contributed by atoms with van der Waals surface area (Å²) >= 11 is 1.30. The molecule has 0 aliphatic heterocycles. The molecule has 0 bridgehead atoms. The molecule has 4 aromatic rings. The predicted octanol–water partition coefficient (Wildman–Crippen LogP) is 3.46. The fourth-order valence-electron chi connectivity index (χ4n) is 3.67. The summed E-state index contributed by atoms with van der Waals surface area (Å²) in [7, 11) is 0. The van der Waals surface area contributed by atoms with Crippen molar-refractivity contribution in [2.24, 2.45) is 0 Å². The summed E-state index contributed by atoms with van der Waals surface area (Å²) in [5.41, 5.74) is 1.84. The number of fused-ring (bicyclic) bond motifs is 3. The zero-order chi connectivity index (χ0) is 22.5. The first-order chi connectivity index (χ1) is 15.6. The molecule has 1 atom stereocenters. The smallest absolute Gasteiger partial charge is 0.263 e. The Bertz CT molecular complexity index is 1310. The van der Waals surface area contributed by atoms with E-state index in [1.165, 1.54) is 21.9 Å². The van der Waals surface area contributed by atoms with E-state index in [0.29, 0.717) is 22.9 Å². The predicted molar refractivity (Wildman–Crippen MR) is 128 cm³/mol. The second-order valence-corrected chi connectivity index (χ2v) is 8.56. The van der Waals surface area contributed by atoms with Crippen LogP contribution in [0.3, 0.4) is 0 Å². The molecule has 0 radical (unpaired) electrons. The van der Waals surface area contributed by atoms with Crippen molar-refractivity contribution in [3.05, 3.63) is 83.2 Å². The maximum atomic E-state index is 12.9. The standard InChI is InChI=1S/C24H25N5O2S/c1-3-15-28-22(31)19-11-7-8-12-20(19)29-23(28)26-27-24(29)32-16-21(30)25-17(2)13-14-18-9-5-4-6-10-18/h3-12,17H,1,13-16H2,2H3,(H,25,30). The normalized spacial score (nSPS) is 12.2. The van der Waals surface area contributed by atoms with Gasteiger partial charge in [0.15, 0.2) is 5.16 Å². The topological polar surface area (TPSA) is 81.3 Å². The average Bonchev–Trinajstić information content (AvgIpc) is 3.24. The quantitative estimate of drug-likeness (QED) is 0.314. The van der Waals surface area contributed by atoms with Crippen molar-refractivity contribution in [2.45, 2.75) is 37.5 Å². The van der Waals surface area contributed by atoms with Gasteiger partial charge >= 0.3 is 0 Å². The Morgan fingerprint density at radius 3 is 2.69 bits per heavy atom. The zero-order valence-electron chi connectivity index (χ0n) is 17.9. The van der Waals surface area contributed by atoms with Gasteiger partial charge < -0.3 is 5.32 Å². The Morgan fingerprint density at radius 2 is 1.91 bits per heavy atom. The number of aromatic nitrogens is 4. The summed E-state index contributed by atoms with van der Waals surface area (Å²) in [6.45, 7) is 6.08. The first-order valence-electron chi connectivity index (χ1n) is 10.5. The summed E-state index contributed by atoms with van der Waals surface area (Å²) in [5, 5.41) is 12.7. The summed E-state index contributed by atoms with van der Waals surface area (Å²) in [5.74, 6) is 0.592. The molecule has 0 saturated heterocycles. The summed E-state index contributed by atoms with van der Waals surface area (Å²) in [4.78, 5) is 25.4. The van der Waals surface area contributed by atoms with Crippen LogP contribution in [-0.2, 0) is 17.8 Å². The van der Waals surface area contributed by atoms with E-state index >= 15 is 0 Å². The molecule has 1 unspecified atom stereocenters. The number of aryl methyl sites for hydroxylation is 1. The van der Waals surface area contributed by atoms with E-state index in [1.807, 2.05) is 47.7 Å². The molecule has 0 saturated carbocycles. The number of benzene rings is 2. The van der Waals surface area contributed by atoms with E-state index in [-0.39, 0.29) is 23.3 Å². The Morgan fingerprint density at radius 1 is 1.16 bits per heavy atom. The molecule has 164 valence electrons. The van der Waals surface area contributed by atoms with Gasteiger partial charge in [-0.05, 0) is 37.5 Å².